The van der Waals surface area contributed by atoms with Crippen LogP contribution in [0.5, 0.6) is 0 Å². The monoisotopic (exact) mass is 201 g/mol. The van der Waals surface area contributed by atoms with Crippen LogP contribution in [0.3, 0.4) is 0 Å². The van der Waals surface area contributed by atoms with Gasteiger partial charge in [0.15, 0.2) is 0 Å². The molecule has 1 aromatic heterocycles. The number of primary amides is 1. The second kappa shape index (κ2) is 3.96. The molecule has 0 atom stereocenters. The summed E-state index contributed by atoms with van der Waals surface area (Å²) in [6.07, 6.45) is 3.25. The van der Waals surface area contributed by atoms with E-state index in [1.165, 1.54) is 0 Å². The van der Waals surface area contributed by atoms with Crippen LogP contribution in [0.25, 0.3) is 0 Å². The summed E-state index contributed by atoms with van der Waals surface area (Å²) < 4.78 is 1.83. The summed E-state index contributed by atoms with van der Waals surface area (Å²) in [5, 5.41) is 0. The topological polar surface area (TPSA) is 60.9 Å². The molecule has 0 unspecified atom stereocenters. The third-order valence-electron chi connectivity index (χ3n) is 2.09. The third-order valence-corrected chi connectivity index (χ3v) is 2.09. The van der Waals surface area contributed by atoms with Crippen LogP contribution < -0.4 is 5.73 Å². The lowest BCUT2D eigenvalue weighted by Gasteiger charge is -2.00. The zero-order valence-electron chi connectivity index (χ0n) is 8.13. The molecule has 15 heavy (non-hydrogen) atoms. The van der Waals surface area contributed by atoms with Gasteiger partial charge in [0.05, 0.1) is 6.33 Å². The molecule has 2 N–H and O–H groups in total. The fraction of sp³-hybridized carbons (Fsp3) is 0.0909. The Kier molecular flexibility index (Phi) is 2.49. The first-order valence-corrected chi connectivity index (χ1v) is 4.61. The highest BCUT2D eigenvalue weighted by molar-refractivity contribution is 5.90. The molecule has 0 spiro atoms. The maximum Gasteiger partial charge on any atom is 0.268 e. The molecular formula is C11H11N3O. The molecule has 1 amide bonds. The number of nitrogens with two attached hydrogens (primary N) is 1. The minimum Gasteiger partial charge on any atom is -0.364 e. The summed E-state index contributed by atoms with van der Waals surface area (Å²) in [7, 11) is 0. The maximum atomic E-state index is 10.8. The Hall–Kier alpha value is -2.10. The van der Waals surface area contributed by atoms with E-state index in [2.05, 4.69) is 4.98 Å². The predicted octanol–water partition coefficient (Wildman–Crippen LogP) is 1.03. The average molecular weight is 201 g/mol. The fourth-order valence-corrected chi connectivity index (χ4v) is 1.37. The molecule has 76 valence electrons. The second-order valence-electron chi connectivity index (χ2n) is 3.28. The first-order valence-electron chi connectivity index (χ1n) is 4.61. The predicted molar refractivity (Wildman–Crippen MR) is 56.3 cm³/mol. The van der Waals surface area contributed by atoms with Crippen molar-refractivity contribution in [3.63, 3.8) is 0 Å². The van der Waals surface area contributed by atoms with Crippen molar-refractivity contribution >= 4 is 5.91 Å². The lowest BCUT2D eigenvalue weighted by molar-refractivity contribution is 0.0996. The third kappa shape index (κ3) is 2.22. The van der Waals surface area contributed by atoms with Crippen molar-refractivity contribution in [1.29, 1.82) is 0 Å². The molecule has 0 aliphatic carbocycles. The van der Waals surface area contributed by atoms with Gasteiger partial charge >= 0.3 is 0 Å². The van der Waals surface area contributed by atoms with Gasteiger partial charge in [-0.15, -0.1) is 0 Å². The minimum absolute atomic E-state index is 0.297. The number of nitrogens with zero attached hydrogens (tertiary/aromatic N) is 2. The van der Waals surface area contributed by atoms with Crippen LogP contribution in [0.15, 0.2) is 42.9 Å². The molecule has 0 aliphatic heterocycles. The van der Waals surface area contributed by atoms with Gasteiger partial charge in [0.25, 0.3) is 5.91 Å². The number of amides is 1. The van der Waals surface area contributed by atoms with Crippen molar-refractivity contribution in [3.05, 3.63) is 54.1 Å². The summed E-state index contributed by atoms with van der Waals surface area (Å²) in [4.78, 5) is 14.7. The zero-order valence-corrected chi connectivity index (χ0v) is 8.13. The van der Waals surface area contributed by atoms with Crippen molar-refractivity contribution in [2.24, 2.45) is 5.73 Å². The SMILES string of the molecule is NC(=O)c1cn(Cc2ccccc2)cn1. The van der Waals surface area contributed by atoms with Crippen molar-refractivity contribution in [2.75, 3.05) is 0 Å². The van der Waals surface area contributed by atoms with Gasteiger partial charge in [0.1, 0.15) is 5.69 Å². The standard InChI is InChI=1S/C11H11N3O/c12-11(15)10-7-14(8-13-10)6-9-4-2-1-3-5-9/h1-5,7-8H,6H2,(H2,12,15). The molecule has 1 aromatic carbocycles. The number of hydrogen-bond acceptors (Lipinski definition) is 2. The fourth-order valence-electron chi connectivity index (χ4n) is 1.37. The molecule has 2 rings (SSSR count). The molecule has 4 nitrogen and oxygen atoms in total. The quantitative estimate of drug-likeness (QED) is 0.806. The number of carbonyl (C=O) groups is 1. The molecule has 4 heteroatoms. The maximum absolute atomic E-state index is 10.8. The van der Waals surface area contributed by atoms with Crippen LogP contribution >= 0.6 is 0 Å². The smallest absolute Gasteiger partial charge is 0.268 e. The number of rotatable bonds is 3. The van der Waals surface area contributed by atoms with E-state index in [1.807, 2.05) is 34.9 Å². The molecule has 0 radical (unpaired) electrons. The highest BCUT2D eigenvalue weighted by Gasteiger charge is 2.03. The Morgan fingerprint density at radius 2 is 2.07 bits per heavy atom. The zero-order chi connectivity index (χ0) is 10.7. The number of imidazole rings is 1. The van der Waals surface area contributed by atoms with Gasteiger partial charge in [-0.2, -0.15) is 0 Å². The van der Waals surface area contributed by atoms with Crippen molar-refractivity contribution in [1.82, 2.24) is 9.55 Å². The highest BCUT2D eigenvalue weighted by Crippen LogP contribution is 2.03. The number of carbonyl (C=O) groups excluding carboxylic acids is 1. The molecule has 0 saturated carbocycles. The van der Waals surface area contributed by atoms with Gasteiger partial charge in [-0.05, 0) is 5.56 Å². The summed E-state index contributed by atoms with van der Waals surface area (Å²) in [6.45, 7) is 0.696. The van der Waals surface area contributed by atoms with Gasteiger partial charge in [0.2, 0.25) is 0 Å². The Morgan fingerprint density at radius 3 is 2.67 bits per heavy atom. The molecule has 2 aromatic rings. The van der Waals surface area contributed by atoms with E-state index in [1.54, 1.807) is 12.5 Å². The molecular weight excluding hydrogens is 190 g/mol. The summed E-state index contributed by atoms with van der Waals surface area (Å²) in [5.41, 5.74) is 6.56. The van der Waals surface area contributed by atoms with Crippen LogP contribution in [0, 0.1) is 0 Å². The summed E-state index contributed by atoms with van der Waals surface area (Å²) in [5.74, 6) is -0.498. The van der Waals surface area contributed by atoms with Gasteiger partial charge < -0.3 is 10.3 Å². The van der Waals surface area contributed by atoms with Crippen molar-refractivity contribution in [2.45, 2.75) is 6.54 Å². The average Bonchev–Trinajstić information content (AvgIpc) is 2.68. The first-order chi connectivity index (χ1) is 7.25. The largest absolute Gasteiger partial charge is 0.364 e. The molecule has 0 bridgehead atoms. The lowest BCUT2D eigenvalue weighted by atomic mass is 10.2. The molecule has 0 fully saturated rings. The van der Waals surface area contributed by atoms with Crippen LogP contribution in [0.2, 0.25) is 0 Å². The minimum atomic E-state index is -0.498. The van der Waals surface area contributed by atoms with Gasteiger partial charge in [0, 0.05) is 12.7 Å². The normalized spacial score (nSPS) is 10.1. The van der Waals surface area contributed by atoms with Crippen molar-refractivity contribution in [3.8, 4) is 0 Å². The first kappa shape index (κ1) is 9.45. The van der Waals surface area contributed by atoms with Crippen LogP contribution in [0.1, 0.15) is 16.1 Å². The lowest BCUT2D eigenvalue weighted by Crippen LogP contribution is -2.11. The summed E-state index contributed by atoms with van der Waals surface area (Å²) in [6, 6.07) is 9.95. The van der Waals surface area contributed by atoms with Gasteiger partial charge in [-0.3, -0.25) is 4.79 Å². The molecule has 0 aliphatic rings. The van der Waals surface area contributed by atoms with E-state index in [9.17, 15) is 4.79 Å². The van der Waals surface area contributed by atoms with Crippen LogP contribution in [0.4, 0.5) is 0 Å². The summed E-state index contributed by atoms with van der Waals surface area (Å²) >= 11 is 0. The van der Waals surface area contributed by atoms with Crippen molar-refractivity contribution < 1.29 is 4.79 Å². The number of benzene rings is 1. The Balaban J connectivity index is 2.15. The van der Waals surface area contributed by atoms with E-state index in [0.29, 0.717) is 12.2 Å². The van der Waals surface area contributed by atoms with E-state index >= 15 is 0 Å². The Labute approximate surface area is 87.4 Å². The second-order valence-corrected chi connectivity index (χ2v) is 3.28. The highest BCUT2D eigenvalue weighted by atomic mass is 16.1. The van der Waals surface area contributed by atoms with Gasteiger partial charge in [-0.25, -0.2) is 4.98 Å². The number of hydrogen-bond donors (Lipinski definition) is 1. The Morgan fingerprint density at radius 1 is 1.33 bits per heavy atom. The van der Waals surface area contributed by atoms with Gasteiger partial charge in [-0.1, -0.05) is 30.3 Å². The van der Waals surface area contributed by atoms with E-state index in [-0.39, 0.29) is 0 Å². The van der Waals surface area contributed by atoms with E-state index in [0.717, 1.165) is 5.56 Å². The number of aromatic nitrogens is 2. The van der Waals surface area contributed by atoms with Crippen LogP contribution in [-0.2, 0) is 6.54 Å². The molecule has 0 saturated heterocycles. The van der Waals surface area contributed by atoms with E-state index < -0.39 is 5.91 Å². The Bertz CT molecular complexity index is 462. The van der Waals surface area contributed by atoms with Crippen LogP contribution in [-0.4, -0.2) is 15.5 Å². The molecule has 1 heterocycles. The van der Waals surface area contributed by atoms with E-state index in [4.69, 9.17) is 5.73 Å².